The van der Waals surface area contributed by atoms with Crippen LogP contribution in [0.15, 0.2) is 70.3 Å². The minimum atomic E-state index is -1.87. The third-order valence-electron chi connectivity index (χ3n) is 7.25. The molecule has 0 saturated heterocycles. The standard InChI is InChI=1S/2C9H13.C7H8Si.2ClH.Zr/c2*1-6-5-7(2)9(4)8(6)3;8-6-7-4-2-1-3-5-7;;;/h2*6H,1-4H3;1-5,8H,6H2;2*1H;. The number of halogens is 2. The fourth-order valence-corrected chi connectivity index (χ4v) is 24.9. The molecule has 0 radical (unpaired) electrons. The van der Waals surface area contributed by atoms with Crippen molar-refractivity contribution >= 4 is 31.0 Å². The Morgan fingerprint density at radius 3 is 1.45 bits per heavy atom. The molecule has 0 heterocycles. The molecular weight excluding hydrogens is 490 g/mol. The molecule has 1 aromatic rings. The Hall–Kier alpha value is -0.140. The Labute approximate surface area is 199 Å². The number of rotatable bonds is 4. The molecule has 2 aliphatic carbocycles. The fraction of sp³-hybridized carbons (Fsp3) is 0.440. The molecule has 0 fully saturated rings. The Bertz CT molecular complexity index is 879. The Kier molecular flexibility index (Phi) is 10.1. The van der Waals surface area contributed by atoms with Crippen LogP contribution in [-0.4, -0.2) is 6.16 Å². The number of benzene rings is 1. The van der Waals surface area contributed by atoms with Crippen LogP contribution < -0.4 is 0 Å². The van der Waals surface area contributed by atoms with Crippen LogP contribution in [0.4, 0.5) is 0 Å². The van der Waals surface area contributed by atoms with Gasteiger partial charge < -0.3 is 0 Å². The largest absolute Gasteiger partial charge is 0.147 e. The van der Waals surface area contributed by atoms with E-state index in [0.717, 1.165) is 0 Å². The van der Waals surface area contributed by atoms with E-state index in [4.69, 9.17) is 0 Å². The second-order valence-electron chi connectivity index (χ2n) is 8.44. The van der Waals surface area contributed by atoms with Gasteiger partial charge in [-0.25, -0.2) is 0 Å². The monoisotopic (exact) mass is 524 g/mol. The molecule has 3 rings (SSSR count). The first-order chi connectivity index (χ1) is 12.8. The summed E-state index contributed by atoms with van der Waals surface area (Å²) in [5.41, 5.74) is 11.3. The van der Waals surface area contributed by atoms with Crippen molar-refractivity contribution in [2.75, 3.05) is 0 Å². The molecule has 0 nitrogen and oxygen atoms in total. The van der Waals surface area contributed by atoms with Gasteiger partial charge in [-0.05, 0) is 0 Å². The van der Waals surface area contributed by atoms with E-state index in [1.807, 2.05) is 6.56 Å². The van der Waals surface area contributed by atoms with Crippen LogP contribution in [0.2, 0.25) is 0 Å². The molecule has 2 unspecified atom stereocenters. The maximum absolute atomic E-state index is 2.48. The van der Waals surface area contributed by atoms with Gasteiger partial charge in [-0.15, -0.1) is 24.8 Å². The first kappa shape index (κ1) is 26.9. The molecule has 1 aromatic carbocycles. The van der Waals surface area contributed by atoms with Crippen molar-refractivity contribution in [1.82, 2.24) is 0 Å². The van der Waals surface area contributed by atoms with Crippen molar-refractivity contribution in [3.8, 4) is 0 Å². The van der Waals surface area contributed by atoms with E-state index >= 15 is 0 Å². The van der Waals surface area contributed by atoms with E-state index in [-0.39, 0.29) is 24.8 Å². The molecule has 0 N–H and O–H groups in total. The number of hydrogen-bond donors (Lipinski definition) is 0. The van der Waals surface area contributed by atoms with Crippen molar-refractivity contribution in [3.63, 3.8) is 0 Å². The van der Waals surface area contributed by atoms with Crippen LogP contribution in [0.1, 0.15) is 61.0 Å². The van der Waals surface area contributed by atoms with Crippen molar-refractivity contribution in [2.24, 2.45) is 11.8 Å². The van der Waals surface area contributed by atoms with Gasteiger partial charge in [0.2, 0.25) is 0 Å². The van der Waals surface area contributed by atoms with E-state index in [1.165, 1.54) is 6.04 Å². The van der Waals surface area contributed by atoms with E-state index < -0.39 is 20.4 Å². The summed E-state index contributed by atoms with van der Waals surface area (Å²) in [6.45, 7) is 19.3. The average molecular weight is 527 g/mol. The van der Waals surface area contributed by atoms with Crippen molar-refractivity contribution in [2.45, 2.75) is 61.4 Å². The van der Waals surface area contributed by atoms with Gasteiger partial charge in [0.1, 0.15) is 0 Å². The summed E-state index contributed by atoms with van der Waals surface area (Å²) in [5, 5.41) is 0. The number of allylic oxidation sites excluding steroid dienone is 8. The zero-order chi connectivity index (χ0) is 19.9. The molecule has 4 heteroatoms. The SMILES string of the molecule is CC1=C(C)C(C)[C]([Zr](=[SiH]Cc2ccccc2)[C]2=C(C)C(C)=C(C)C2C)=C1C.Cl.Cl. The second kappa shape index (κ2) is 10.9. The molecule has 0 aromatic heterocycles. The molecular formula is C25H36Cl2SiZr. The summed E-state index contributed by atoms with van der Waals surface area (Å²) in [5.74, 6) is 1.35. The molecule has 158 valence electrons. The summed E-state index contributed by atoms with van der Waals surface area (Å²) < 4.78 is 3.84. The Balaban J connectivity index is 0.00000210. The van der Waals surface area contributed by atoms with E-state index in [2.05, 4.69) is 85.7 Å². The quantitative estimate of drug-likeness (QED) is 0.356. The van der Waals surface area contributed by atoms with Gasteiger partial charge in [0.05, 0.1) is 0 Å². The number of hydrogen-bond acceptors (Lipinski definition) is 0. The van der Waals surface area contributed by atoms with E-state index in [0.29, 0.717) is 18.0 Å². The minimum absolute atomic E-state index is 0. The maximum atomic E-state index is 2.48. The zero-order valence-corrected chi connectivity index (χ0v) is 24.4. The predicted octanol–water partition coefficient (Wildman–Crippen LogP) is 7.52. The molecule has 0 bridgehead atoms. The first-order valence-corrected chi connectivity index (χ1v) is 18.4. The van der Waals surface area contributed by atoms with Gasteiger partial charge in [-0.2, -0.15) is 0 Å². The van der Waals surface area contributed by atoms with Crippen LogP contribution in [-0.2, 0) is 26.4 Å². The third kappa shape index (κ3) is 5.03. The molecule has 0 amide bonds. The van der Waals surface area contributed by atoms with Crippen LogP contribution in [0.3, 0.4) is 0 Å². The molecule has 2 atom stereocenters. The molecule has 2 aliphatic rings. The molecule has 29 heavy (non-hydrogen) atoms. The van der Waals surface area contributed by atoms with Crippen LogP contribution in [0, 0.1) is 11.8 Å². The van der Waals surface area contributed by atoms with Crippen LogP contribution >= 0.6 is 24.8 Å². The third-order valence-corrected chi connectivity index (χ3v) is 23.4. The van der Waals surface area contributed by atoms with Crippen molar-refractivity contribution in [1.29, 1.82) is 0 Å². The van der Waals surface area contributed by atoms with Crippen molar-refractivity contribution < 1.29 is 20.4 Å². The van der Waals surface area contributed by atoms with Gasteiger partial charge in [-0.3, -0.25) is 0 Å². The summed E-state index contributed by atoms with van der Waals surface area (Å²) in [4.78, 5) is 0. The maximum Gasteiger partial charge on any atom is -0.147 e. The summed E-state index contributed by atoms with van der Waals surface area (Å²) in [6, 6.07) is 12.5. The predicted molar refractivity (Wildman–Crippen MR) is 132 cm³/mol. The van der Waals surface area contributed by atoms with E-state index in [1.54, 1.807) is 39.0 Å². The molecule has 0 aliphatic heterocycles. The fourth-order valence-electron chi connectivity index (χ4n) is 4.80. The Morgan fingerprint density at radius 1 is 0.690 bits per heavy atom. The molecule has 0 spiro atoms. The van der Waals surface area contributed by atoms with Gasteiger partial charge in [0.25, 0.3) is 0 Å². The smallest absolute Gasteiger partial charge is 0.147 e. The Morgan fingerprint density at radius 2 is 1.10 bits per heavy atom. The molecule has 0 saturated carbocycles. The first-order valence-electron chi connectivity index (χ1n) is 10.3. The summed E-state index contributed by atoms with van der Waals surface area (Å²) in [6.07, 6.45) is 0.488. The van der Waals surface area contributed by atoms with E-state index in [9.17, 15) is 0 Å². The summed E-state index contributed by atoms with van der Waals surface area (Å²) in [7, 11) is 0. The topological polar surface area (TPSA) is 0 Å². The van der Waals surface area contributed by atoms with Crippen LogP contribution in [0.5, 0.6) is 0 Å². The van der Waals surface area contributed by atoms with Gasteiger partial charge in [0, 0.05) is 0 Å². The summed E-state index contributed by atoms with van der Waals surface area (Å²) >= 11 is -1.87. The van der Waals surface area contributed by atoms with Gasteiger partial charge >= 0.3 is 176 Å². The zero-order valence-electron chi connectivity index (χ0n) is 19.1. The van der Waals surface area contributed by atoms with Crippen molar-refractivity contribution in [3.05, 3.63) is 75.9 Å². The average Bonchev–Trinajstić information content (AvgIpc) is 2.98. The van der Waals surface area contributed by atoms with Crippen LogP contribution in [0.25, 0.3) is 0 Å². The second-order valence-corrected chi connectivity index (χ2v) is 20.4. The van der Waals surface area contributed by atoms with Gasteiger partial charge in [0.15, 0.2) is 0 Å². The minimum Gasteiger partial charge on any atom is -0.147 e. The van der Waals surface area contributed by atoms with Gasteiger partial charge in [-0.1, -0.05) is 0 Å². The normalized spacial score (nSPS) is 21.5.